The number of thioether (sulfide) groups is 1. The molecule has 0 spiro atoms. The largest absolute Gasteiger partial charge is 0.444 e. The highest BCUT2D eigenvalue weighted by molar-refractivity contribution is 9.10. The van der Waals surface area contributed by atoms with Crippen molar-refractivity contribution in [3.05, 3.63) is 28.8 Å². The Morgan fingerprint density at radius 2 is 2.10 bits per heavy atom. The molecule has 0 bridgehead atoms. The van der Waals surface area contributed by atoms with Gasteiger partial charge in [-0.25, -0.2) is 14.6 Å². The average Bonchev–Trinajstić information content (AvgIpc) is 3.34. The van der Waals surface area contributed by atoms with Crippen molar-refractivity contribution in [3.63, 3.8) is 0 Å². The summed E-state index contributed by atoms with van der Waals surface area (Å²) in [7, 11) is 0. The molecule has 0 atom stereocenters. The van der Waals surface area contributed by atoms with Crippen LogP contribution in [0.5, 0.6) is 0 Å². The lowest BCUT2D eigenvalue weighted by atomic mass is 10.3. The summed E-state index contributed by atoms with van der Waals surface area (Å²) in [5, 5.41) is 9.36. The fourth-order valence-electron chi connectivity index (χ4n) is 3.16. The predicted octanol–water partition coefficient (Wildman–Crippen LogP) is 2.95. The lowest BCUT2D eigenvalue weighted by molar-refractivity contribution is 0.0923. The number of hydrogen-bond donors (Lipinski definition) is 1. The molecular formula is C19H23BrN6O3S. The molecule has 1 aliphatic heterocycles. The second kappa shape index (κ2) is 9.36. The number of carbonyl (C=O) groups excluding carboxylic acids is 1. The second-order valence-corrected chi connectivity index (χ2v) is 9.39. The van der Waals surface area contributed by atoms with Crippen LogP contribution in [0.3, 0.4) is 0 Å². The third-order valence-electron chi connectivity index (χ3n) is 4.51. The summed E-state index contributed by atoms with van der Waals surface area (Å²) in [4.78, 5) is 24.0. The van der Waals surface area contributed by atoms with Gasteiger partial charge in [-0.05, 0) is 28.1 Å². The Bertz CT molecular complexity index is 1030. The van der Waals surface area contributed by atoms with Gasteiger partial charge in [-0.2, -0.15) is 5.10 Å². The van der Waals surface area contributed by atoms with E-state index in [0.717, 1.165) is 35.1 Å². The van der Waals surface area contributed by atoms with Crippen LogP contribution < -0.4 is 10.2 Å². The van der Waals surface area contributed by atoms with Crippen molar-refractivity contribution in [1.29, 1.82) is 0 Å². The Hall–Kier alpha value is -2.11. The quantitative estimate of drug-likeness (QED) is 0.395. The standard InChI is InChI=1S/C19H23BrN6O3S/c1-12(2)30-19-23-16(25-7-9-28-10-8-25)13-11-22-26(17(13)24-19)6-5-21-18(27)14-3-4-15(20)29-14/h3-4,11-12H,5-10H2,1-2H3,(H,21,27). The number of morpholine rings is 1. The Kier molecular flexibility index (Phi) is 6.59. The van der Waals surface area contributed by atoms with E-state index < -0.39 is 0 Å². The third-order valence-corrected chi connectivity index (χ3v) is 5.80. The van der Waals surface area contributed by atoms with Crippen molar-refractivity contribution in [2.45, 2.75) is 30.8 Å². The van der Waals surface area contributed by atoms with E-state index in [0.29, 0.717) is 36.2 Å². The van der Waals surface area contributed by atoms with Gasteiger partial charge in [0.05, 0.1) is 31.3 Å². The van der Waals surface area contributed by atoms with Crippen LogP contribution in [0.15, 0.2) is 32.6 Å². The van der Waals surface area contributed by atoms with Gasteiger partial charge in [0.1, 0.15) is 5.82 Å². The van der Waals surface area contributed by atoms with E-state index in [4.69, 9.17) is 19.1 Å². The van der Waals surface area contributed by atoms with Gasteiger partial charge >= 0.3 is 0 Å². The molecule has 1 fully saturated rings. The fourth-order valence-corrected chi connectivity index (χ4v) is 4.17. The van der Waals surface area contributed by atoms with E-state index in [1.165, 1.54) is 0 Å². The number of ether oxygens (including phenoxy) is 1. The molecule has 0 unspecified atom stereocenters. The van der Waals surface area contributed by atoms with Gasteiger partial charge in [0.25, 0.3) is 5.91 Å². The molecular weight excluding hydrogens is 472 g/mol. The van der Waals surface area contributed by atoms with E-state index in [9.17, 15) is 4.79 Å². The SMILES string of the molecule is CC(C)Sc1nc(N2CCOCC2)c2cnn(CCNC(=O)c3ccc(Br)o3)c2n1. The lowest BCUT2D eigenvalue weighted by Gasteiger charge is -2.28. The molecule has 1 saturated heterocycles. The number of rotatable bonds is 7. The van der Waals surface area contributed by atoms with E-state index in [1.54, 1.807) is 30.1 Å². The number of carbonyl (C=O) groups is 1. The highest BCUT2D eigenvalue weighted by Gasteiger charge is 2.21. The van der Waals surface area contributed by atoms with Gasteiger partial charge in [0, 0.05) is 24.9 Å². The van der Waals surface area contributed by atoms with Gasteiger partial charge in [-0.1, -0.05) is 25.6 Å². The first-order chi connectivity index (χ1) is 14.5. The van der Waals surface area contributed by atoms with Crippen LogP contribution in [0.25, 0.3) is 11.0 Å². The van der Waals surface area contributed by atoms with Crippen LogP contribution in [0, 0.1) is 0 Å². The summed E-state index contributed by atoms with van der Waals surface area (Å²) >= 11 is 4.83. The summed E-state index contributed by atoms with van der Waals surface area (Å²) < 4.78 is 13.1. The van der Waals surface area contributed by atoms with Gasteiger partial charge in [0.2, 0.25) is 0 Å². The molecule has 30 heavy (non-hydrogen) atoms. The number of amides is 1. The fraction of sp³-hybridized carbons (Fsp3) is 0.474. The first kappa shape index (κ1) is 21.1. The number of hydrogen-bond acceptors (Lipinski definition) is 8. The maximum absolute atomic E-state index is 12.2. The zero-order chi connectivity index (χ0) is 21.1. The summed E-state index contributed by atoms with van der Waals surface area (Å²) in [5.74, 6) is 0.888. The number of fused-ring (bicyclic) bond motifs is 1. The van der Waals surface area contributed by atoms with Crippen molar-refractivity contribution < 1.29 is 13.9 Å². The molecule has 4 heterocycles. The van der Waals surface area contributed by atoms with Crippen LogP contribution in [-0.4, -0.2) is 63.8 Å². The summed E-state index contributed by atoms with van der Waals surface area (Å²) in [6.07, 6.45) is 1.80. The summed E-state index contributed by atoms with van der Waals surface area (Å²) in [6.45, 7) is 8.07. The smallest absolute Gasteiger partial charge is 0.287 e. The van der Waals surface area contributed by atoms with Crippen molar-refractivity contribution in [3.8, 4) is 0 Å². The molecule has 3 aromatic heterocycles. The molecule has 3 aromatic rings. The zero-order valence-corrected chi connectivity index (χ0v) is 19.2. The van der Waals surface area contributed by atoms with Gasteiger partial charge in [0.15, 0.2) is 21.2 Å². The summed E-state index contributed by atoms with van der Waals surface area (Å²) in [5.41, 5.74) is 0.768. The number of furan rings is 1. The molecule has 1 amide bonds. The molecule has 1 aliphatic rings. The Balaban J connectivity index is 1.55. The molecule has 0 saturated carbocycles. The number of halogens is 1. The van der Waals surface area contributed by atoms with E-state index in [2.05, 4.69) is 45.1 Å². The molecule has 4 rings (SSSR count). The van der Waals surface area contributed by atoms with Crippen molar-refractivity contribution in [2.24, 2.45) is 0 Å². The first-order valence-electron chi connectivity index (χ1n) is 9.77. The number of anilines is 1. The molecule has 160 valence electrons. The van der Waals surface area contributed by atoms with Crippen LogP contribution >= 0.6 is 27.7 Å². The molecule has 0 radical (unpaired) electrons. The second-order valence-electron chi connectivity index (χ2n) is 7.06. The van der Waals surface area contributed by atoms with Crippen LogP contribution in [0.2, 0.25) is 0 Å². The van der Waals surface area contributed by atoms with E-state index in [-0.39, 0.29) is 11.7 Å². The van der Waals surface area contributed by atoms with Crippen LogP contribution in [0.1, 0.15) is 24.4 Å². The Labute approximate surface area is 186 Å². The maximum atomic E-state index is 12.2. The maximum Gasteiger partial charge on any atom is 0.287 e. The van der Waals surface area contributed by atoms with Crippen LogP contribution in [-0.2, 0) is 11.3 Å². The Morgan fingerprint density at radius 1 is 1.30 bits per heavy atom. The van der Waals surface area contributed by atoms with Crippen molar-refractivity contribution in [2.75, 3.05) is 37.7 Å². The monoisotopic (exact) mass is 494 g/mol. The van der Waals surface area contributed by atoms with E-state index in [1.807, 2.05) is 4.68 Å². The molecule has 1 N–H and O–H groups in total. The minimum Gasteiger partial charge on any atom is -0.444 e. The van der Waals surface area contributed by atoms with E-state index >= 15 is 0 Å². The normalized spacial score (nSPS) is 14.6. The van der Waals surface area contributed by atoms with Crippen molar-refractivity contribution >= 4 is 50.5 Å². The zero-order valence-electron chi connectivity index (χ0n) is 16.8. The number of nitrogens with zero attached hydrogens (tertiary/aromatic N) is 5. The minimum absolute atomic E-state index is 0.264. The molecule has 11 heteroatoms. The van der Waals surface area contributed by atoms with Crippen molar-refractivity contribution in [1.82, 2.24) is 25.1 Å². The highest BCUT2D eigenvalue weighted by atomic mass is 79.9. The van der Waals surface area contributed by atoms with Crippen LogP contribution in [0.4, 0.5) is 5.82 Å². The summed E-state index contributed by atoms with van der Waals surface area (Å²) in [6, 6.07) is 3.31. The minimum atomic E-state index is -0.267. The van der Waals surface area contributed by atoms with Gasteiger partial charge in [-0.15, -0.1) is 0 Å². The predicted molar refractivity (Wildman–Crippen MR) is 118 cm³/mol. The molecule has 0 aliphatic carbocycles. The topological polar surface area (TPSA) is 98.3 Å². The number of nitrogens with one attached hydrogen (secondary N) is 1. The average molecular weight is 495 g/mol. The third kappa shape index (κ3) is 4.79. The van der Waals surface area contributed by atoms with Gasteiger partial charge in [-0.3, -0.25) is 4.79 Å². The molecule has 0 aromatic carbocycles. The van der Waals surface area contributed by atoms with Gasteiger partial charge < -0.3 is 19.4 Å². The molecule has 9 nitrogen and oxygen atoms in total. The first-order valence-corrected chi connectivity index (χ1v) is 11.4. The number of aromatic nitrogens is 4. The lowest BCUT2D eigenvalue weighted by Crippen LogP contribution is -2.37. The highest BCUT2D eigenvalue weighted by Crippen LogP contribution is 2.29. The Morgan fingerprint density at radius 3 is 2.80 bits per heavy atom.